The number of anilines is 1. The smallest absolute Gasteiger partial charge is 0.271 e. The van der Waals surface area contributed by atoms with Gasteiger partial charge in [-0.3, -0.25) is 14.9 Å². The van der Waals surface area contributed by atoms with Crippen LogP contribution in [0.3, 0.4) is 0 Å². The predicted octanol–water partition coefficient (Wildman–Crippen LogP) is 3.70. The molecule has 0 unspecified atom stereocenters. The van der Waals surface area contributed by atoms with Crippen LogP contribution < -0.4 is 4.90 Å². The molecule has 2 aromatic rings. The van der Waals surface area contributed by atoms with E-state index < -0.39 is 16.6 Å². The average Bonchev–Trinajstić information content (AvgIpc) is 2.89. The van der Waals surface area contributed by atoms with Gasteiger partial charge in [-0.15, -0.1) is 0 Å². The minimum absolute atomic E-state index is 0.0532. The van der Waals surface area contributed by atoms with Crippen molar-refractivity contribution in [3.8, 4) is 0 Å². The maximum atomic E-state index is 14.0. The fraction of sp³-hybridized carbons (Fsp3) is 0.133. The lowest BCUT2D eigenvalue weighted by atomic mass is 10.1. The number of halogens is 2. The first-order valence-corrected chi connectivity index (χ1v) is 7.31. The van der Waals surface area contributed by atoms with Gasteiger partial charge in [-0.25, -0.2) is 4.39 Å². The van der Waals surface area contributed by atoms with Gasteiger partial charge >= 0.3 is 0 Å². The van der Waals surface area contributed by atoms with Crippen LogP contribution >= 0.6 is 15.9 Å². The third kappa shape index (κ3) is 2.48. The maximum Gasteiger partial charge on any atom is 0.271 e. The summed E-state index contributed by atoms with van der Waals surface area (Å²) in [6, 6.07) is 8.61. The maximum absolute atomic E-state index is 14.0. The highest BCUT2D eigenvalue weighted by atomic mass is 79.9. The summed E-state index contributed by atoms with van der Waals surface area (Å²) in [5.74, 6) is -1.12. The van der Waals surface area contributed by atoms with Crippen molar-refractivity contribution in [3.05, 3.63) is 67.9 Å². The number of hydrogen-bond donors (Lipinski definition) is 0. The van der Waals surface area contributed by atoms with Crippen LogP contribution in [-0.2, 0) is 6.42 Å². The summed E-state index contributed by atoms with van der Waals surface area (Å²) < 4.78 is 14.5. The van der Waals surface area contributed by atoms with E-state index in [1.165, 1.54) is 29.2 Å². The van der Waals surface area contributed by atoms with Crippen LogP contribution in [0, 0.1) is 15.9 Å². The minimum atomic E-state index is -0.627. The van der Waals surface area contributed by atoms with Crippen LogP contribution in [0.2, 0.25) is 0 Å². The number of non-ortho nitro benzene ring substituents is 1. The fourth-order valence-electron chi connectivity index (χ4n) is 2.50. The first kappa shape index (κ1) is 14.6. The van der Waals surface area contributed by atoms with Crippen LogP contribution in [0.1, 0.15) is 15.9 Å². The summed E-state index contributed by atoms with van der Waals surface area (Å²) in [4.78, 5) is 24.3. The lowest BCUT2D eigenvalue weighted by Crippen LogP contribution is -2.29. The molecule has 0 radical (unpaired) electrons. The summed E-state index contributed by atoms with van der Waals surface area (Å²) in [5.41, 5.74) is 1.18. The van der Waals surface area contributed by atoms with E-state index in [0.717, 1.165) is 5.56 Å². The fourth-order valence-corrected chi connectivity index (χ4v) is 2.83. The summed E-state index contributed by atoms with van der Waals surface area (Å²) in [7, 11) is 0. The van der Waals surface area contributed by atoms with E-state index in [9.17, 15) is 19.3 Å². The standard InChI is InChI=1S/C15H10BrFN2O3/c16-10-2-4-12(13(17)7-10)15(20)18-6-5-9-1-3-11(19(21)22)8-14(9)18/h1-4,7-8H,5-6H2. The lowest BCUT2D eigenvalue weighted by Gasteiger charge is -2.17. The van der Waals surface area contributed by atoms with Gasteiger partial charge in [0.25, 0.3) is 11.6 Å². The number of benzene rings is 2. The molecule has 0 aromatic heterocycles. The van der Waals surface area contributed by atoms with Crippen LogP contribution in [0.25, 0.3) is 0 Å². The van der Waals surface area contributed by atoms with Crippen molar-refractivity contribution in [1.29, 1.82) is 0 Å². The Hall–Kier alpha value is -2.28. The monoisotopic (exact) mass is 364 g/mol. The summed E-state index contributed by atoms with van der Waals surface area (Å²) in [6.45, 7) is 0.380. The molecule has 0 spiro atoms. The Morgan fingerprint density at radius 1 is 1.27 bits per heavy atom. The van der Waals surface area contributed by atoms with Gasteiger partial charge in [0.1, 0.15) is 5.82 Å². The Morgan fingerprint density at radius 2 is 2.05 bits per heavy atom. The molecule has 5 nitrogen and oxygen atoms in total. The molecule has 3 rings (SSSR count). The van der Waals surface area contributed by atoms with Gasteiger partial charge in [-0.05, 0) is 30.2 Å². The highest BCUT2D eigenvalue weighted by Crippen LogP contribution is 2.33. The average molecular weight is 365 g/mol. The molecular weight excluding hydrogens is 355 g/mol. The number of carbonyl (C=O) groups is 1. The lowest BCUT2D eigenvalue weighted by molar-refractivity contribution is -0.384. The Balaban J connectivity index is 2.00. The molecule has 1 amide bonds. The molecule has 7 heteroatoms. The second-order valence-corrected chi connectivity index (χ2v) is 5.82. The number of amides is 1. The summed E-state index contributed by atoms with van der Waals surface area (Å²) in [5, 5.41) is 10.9. The highest BCUT2D eigenvalue weighted by Gasteiger charge is 2.28. The molecule has 1 heterocycles. The van der Waals surface area contributed by atoms with Gasteiger partial charge in [0.15, 0.2) is 0 Å². The van der Waals surface area contributed by atoms with Crippen LogP contribution in [0.15, 0.2) is 40.9 Å². The van der Waals surface area contributed by atoms with E-state index in [1.54, 1.807) is 12.1 Å². The zero-order valence-electron chi connectivity index (χ0n) is 11.3. The van der Waals surface area contributed by atoms with E-state index in [2.05, 4.69) is 15.9 Å². The van der Waals surface area contributed by atoms with E-state index in [1.807, 2.05) is 0 Å². The third-order valence-electron chi connectivity index (χ3n) is 3.58. The van der Waals surface area contributed by atoms with Crippen molar-refractivity contribution in [2.45, 2.75) is 6.42 Å². The first-order valence-electron chi connectivity index (χ1n) is 6.51. The van der Waals surface area contributed by atoms with E-state index in [4.69, 9.17) is 0 Å². The molecular formula is C15H10BrFN2O3. The van der Waals surface area contributed by atoms with Crippen molar-refractivity contribution in [2.24, 2.45) is 0 Å². The van der Waals surface area contributed by atoms with Crippen LogP contribution in [0.4, 0.5) is 15.8 Å². The number of hydrogen-bond acceptors (Lipinski definition) is 3. The number of nitro groups is 1. The molecule has 2 aromatic carbocycles. The number of nitrogens with zero attached hydrogens (tertiary/aromatic N) is 2. The number of nitro benzene ring substituents is 1. The quantitative estimate of drug-likeness (QED) is 0.602. The summed E-state index contributed by atoms with van der Waals surface area (Å²) in [6.07, 6.45) is 0.594. The zero-order valence-corrected chi connectivity index (χ0v) is 12.8. The van der Waals surface area contributed by atoms with Gasteiger partial charge in [0.05, 0.1) is 16.2 Å². The third-order valence-corrected chi connectivity index (χ3v) is 4.08. The van der Waals surface area contributed by atoms with Gasteiger partial charge in [-0.1, -0.05) is 22.0 Å². The number of rotatable bonds is 2. The SMILES string of the molecule is O=C(c1ccc(Br)cc1F)N1CCc2ccc([N+](=O)[O-])cc21. The molecule has 112 valence electrons. The van der Waals surface area contributed by atoms with E-state index in [-0.39, 0.29) is 11.3 Å². The highest BCUT2D eigenvalue weighted by molar-refractivity contribution is 9.10. The molecule has 0 aliphatic carbocycles. The van der Waals surface area contributed by atoms with Gasteiger partial charge < -0.3 is 4.90 Å². The van der Waals surface area contributed by atoms with Crippen molar-refractivity contribution >= 4 is 33.2 Å². The Kier molecular flexibility index (Phi) is 3.66. The van der Waals surface area contributed by atoms with Crippen molar-refractivity contribution in [1.82, 2.24) is 0 Å². The topological polar surface area (TPSA) is 63.5 Å². The predicted molar refractivity (Wildman–Crippen MR) is 82.6 cm³/mol. The molecule has 1 aliphatic rings. The molecule has 0 N–H and O–H groups in total. The normalized spacial score (nSPS) is 13.1. The molecule has 0 atom stereocenters. The van der Waals surface area contributed by atoms with Gasteiger partial charge in [-0.2, -0.15) is 0 Å². The van der Waals surface area contributed by atoms with E-state index in [0.29, 0.717) is 23.1 Å². The van der Waals surface area contributed by atoms with Gasteiger partial charge in [0, 0.05) is 23.2 Å². The Morgan fingerprint density at radius 3 is 2.73 bits per heavy atom. The Labute approximate surface area is 133 Å². The molecule has 0 saturated carbocycles. The molecule has 0 saturated heterocycles. The minimum Gasteiger partial charge on any atom is -0.307 e. The van der Waals surface area contributed by atoms with Gasteiger partial charge in [0.2, 0.25) is 0 Å². The molecule has 0 fully saturated rings. The number of carbonyl (C=O) groups excluding carboxylic acids is 1. The largest absolute Gasteiger partial charge is 0.307 e. The second kappa shape index (κ2) is 5.49. The second-order valence-electron chi connectivity index (χ2n) is 4.90. The molecule has 22 heavy (non-hydrogen) atoms. The summed E-state index contributed by atoms with van der Waals surface area (Å²) >= 11 is 3.14. The molecule has 0 bridgehead atoms. The van der Waals surface area contributed by atoms with Crippen LogP contribution in [0.5, 0.6) is 0 Å². The Bertz CT molecular complexity index is 794. The van der Waals surface area contributed by atoms with Crippen molar-refractivity contribution < 1.29 is 14.1 Å². The number of fused-ring (bicyclic) bond motifs is 1. The van der Waals surface area contributed by atoms with Crippen molar-refractivity contribution in [2.75, 3.05) is 11.4 Å². The van der Waals surface area contributed by atoms with E-state index >= 15 is 0 Å². The zero-order chi connectivity index (χ0) is 15.9. The van der Waals surface area contributed by atoms with Crippen LogP contribution in [-0.4, -0.2) is 17.4 Å². The van der Waals surface area contributed by atoms with Crippen molar-refractivity contribution in [3.63, 3.8) is 0 Å². The first-order chi connectivity index (χ1) is 10.5. The molecule has 1 aliphatic heterocycles.